The Bertz CT molecular complexity index is 249. The van der Waals surface area contributed by atoms with Gasteiger partial charge in [-0.15, -0.1) is 24.8 Å². The predicted molar refractivity (Wildman–Crippen MR) is 53.0 cm³/mol. The third kappa shape index (κ3) is 1.91. The third-order valence-corrected chi connectivity index (χ3v) is 2.07. The van der Waals surface area contributed by atoms with E-state index in [9.17, 15) is 0 Å². The smallest absolute Gasteiger partial charge is 0.0945 e. The van der Waals surface area contributed by atoms with Crippen LogP contribution in [0.15, 0.2) is 12.5 Å². The fraction of sp³-hybridized carbons (Fsp3) is 0.571. The molecule has 1 fully saturated rings. The number of aryl methyl sites for hydroxylation is 1. The lowest BCUT2D eigenvalue weighted by Gasteiger charge is -1.96. The summed E-state index contributed by atoms with van der Waals surface area (Å²) in [5.41, 5.74) is 6.96. The molecular formula is C7H13Cl2N3. The number of rotatable bonds is 1. The van der Waals surface area contributed by atoms with Gasteiger partial charge < -0.3 is 10.3 Å². The van der Waals surface area contributed by atoms with Gasteiger partial charge in [-0.05, 0) is 6.42 Å². The van der Waals surface area contributed by atoms with E-state index < -0.39 is 0 Å². The Balaban J connectivity index is 0.000000605. The first-order valence-electron chi connectivity index (χ1n) is 3.51. The molecule has 2 rings (SSSR count). The fourth-order valence-corrected chi connectivity index (χ4v) is 1.28. The van der Waals surface area contributed by atoms with Gasteiger partial charge in [0, 0.05) is 30.9 Å². The predicted octanol–water partition coefficient (Wildman–Crippen LogP) is 1.08. The van der Waals surface area contributed by atoms with Crippen molar-refractivity contribution in [2.75, 3.05) is 0 Å². The summed E-state index contributed by atoms with van der Waals surface area (Å²) >= 11 is 0. The van der Waals surface area contributed by atoms with Gasteiger partial charge in [-0.2, -0.15) is 0 Å². The van der Waals surface area contributed by atoms with Crippen molar-refractivity contribution in [2.24, 2.45) is 12.8 Å². The van der Waals surface area contributed by atoms with Crippen LogP contribution < -0.4 is 5.73 Å². The van der Waals surface area contributed by atoms with Crippen molar-refractivity contribution in [1.82, 2.24) is 9.55 Å². The van der Waals surface area contributed by atoms with E-state index in [0.29, 0.717) is 12.0 Å². The summed E-state index contributed by atoms with van der Waals surface area (Å²) in [5.74, 6) is 0.576. The topological polar surface area (TPSA) is 43.8 Å². The second-order valence-corrected chi connectivity index (χ2v) is 2.94. The highest BCUT2D eigenvalue weighted by molar-refractivity contribution is 5.85. The molecule has 12 heavy (non-hydrogen) atoms. The highest BCUT2D eigenvalue weighted by Gasteiger charge is 2.36. The van der Waals surface area contributed by atoms with Crippen LogP contribution in [0.1, 0.15) is 18.0 Å². The Morgan fingerprint density at radius 1 is 1.58 bits per heavy atom. The van der Waals surface area contributed by atoms with Crippen LogP contribution in [0.25, 0.3) is 0 Å². The molecule has 0 amide bonds. The Morgan fingerprint density at radius 2 is 2.17 bits per heavy atom. The van der Waals surface area contributed by atoms with E-state index in [1.54, 1.807) is 0 Å². The summed E-state index contributed by atoms with van der Waals surface area (Å²) in [6, 6.07) is 0.385. The van der Waals surface area contributed by atoms with Crippen LogP contribution in [0.5, 0.6) is 0 Å². The summed E-state index contributed by atoms with van der Waals surface area (Å²) in [6.45, 7) is 0. The second kappa shape index (κ2) is 4.12. The van der Waals surface area contributed by atoms with Crippen LogP contribution in [0.2, 0.25) is 0 Å². The molecule has 0 aromatic carbocycles. The molecule has 0 spiro atoms. The first-order chi connectivity index (χ1) is 4.79. The van der Waals surface area contributed by atoms with E-state index in [1.807, 2.05) is 24.1 Å². The molecule has 1 heterocycles. The number of aromatic nitrogens is 2. The molecule has 5 heteroatoms. The normalized spacial score (nSPS) is 25.5. The minimum atomic E-state index is 0. The highest BCUT2D eigenvalue weighted by atomic mass is 35.5. The molecule has 2 atom stereocenters. The van der Waals surface area contributed by atoms with Gasteiger partial charge in [0.05, 0.1) is 6.33 Å². The van der Waals surface area contributed by atoms with Gasteiger partial charge in [0.1, 0.15) is 0 Å². The zero-order valence-electron chi connectivity index (χ0n) is 6.80. The van der Waals surface area contributed by atoms with Crippen molar-refractivity contribution in [3.8, 4) is 0 Å². The molecule has 1 saturated carbocycles. The second-order valence-electron chi connectivity index (χ2n) is 2.94. The first kappa shape index (κ1) is 11.8. The van der Waals surface area contributed by atoms with Gasteiger partial charge >= 0.3 is 0 Å². The van der Waals surface area contributed by atoms with E-state index in [4.69, 9.17) is 5.73 Å². The van der Waals surface area contributed by atoms with Crippen LogP contribution in [0, 0.1) is 0 Å². The molecule has 3 nitrogen and oxygen atoms in total. The molecule has 0 saturated heterocycles. The number of halogens is 2. The Kier molecular flexibility index (Phi) is 4.03. The molecule has 70 valence electrons. The van der Waals surface area contributed by atoms with Crippen molar-refractivity contribution in [2.45, 2.75) is 18.4 Å². The zero-order valence-corrected chi connectivity index (χ0v) is 8.44. The molecule has 0 aliphatic heterocycles. The van der Waals surface area contributed by atoms with Crippen molar-refractivity contribution in [1.29, 1.82) is 0 Å². The number of nitrogens with zero attached hydrogens (tertiary/aromatic N) is 2. The maximum atomic E-state index is 5.69. The number of nitrogens with two attached hydrogens (primary N) is 1. The molecule has 1 aliphatic rings. The third-order valence-electron chi connectivity index (χ3n) is 2.07. The highest BCUT2D eigenvalue weighted by Crippen LogP contribution is 2.38. The minimum absolute atomic E-state index is 0. The molecule has 0 radical (unpaired) electrons. The molecular weight excluding hydrogens is 197 g/mol. The quantitative estimate of drug-likeness (QED) is 0.753. The standard InChI is InChI=1S/C7H11N3.2ClH/c1-10-4-9-3-7(10)5-2-6(5)8;;/h3-6H,2,8H2,1H3;2*1H. The van der Waals surface area contributed by atoms with Crippen LogP contribution in [0.4, 0.5) is 0 Å². The van der Waals surface area contributed by atoms with Crippen LogP contribution >= 0.6 is 24.8 Å². The molecule has 1 aliphatic carbocycles. The monoisotopic (exact) mass is 209 g/mol. The lowest BCUT2D eigenvalue weighted by Crippen LogP contribution is -2.03. The van der Waals surface area contributed by atoms with E-state index in [0.717, 1.165) is 6.42 Å². The summed E-state index contributed by atoms with van der Waals surface area (Å²) in [7, 11) is 2.01. The van der Waals surface area contributed by atoms with Crippen molar-refractivity contribution >= 4 is 24.8 Å². The van der Waals surface area contributed by atoms with Gasteiger partial charge in [0.15, 0.2) is 0 Å². The van der Waals surface area contributed by atoms with Gasteiger partial charge in [-0.1, -0.05) is 0 Å². The molecule has 0 bridgehead atoms. The van der Waals surface area contributed by atoms with Crippen LogP contribution in [0.3, 0.4) is 0 Å². The Morgan fingerprint density at radius 3 is 2.50 bits per heavy atom. The van der Waals surface area contributed by atoms with E-state index >= 15 is 0 Å². The number of hydrogen-bond donors (Lipinski definition) is 1. The van der Waals surface area contributed by atoms with Crippen molar-refractivity contribution in [3.05, 3.63) is 18.2 Å². The first-order valence-corrected chi connectivity index (χ1v) is 3.51. The van der Waals surface area contributed by atoms with Gasteiger partial charge in [0.2, 0.25) is 0 Å². The zero-order chi connectivity index (χ0) is 7.14. The molecule has 2 unspecified atom stereocenters. The summed E-state index contributed by atoms with van der Waals surface area (Å²) in [5, 5.41) is 0. The average Bonchev–Trinajstić information content (AvgIpc) is 2.42. The van der Waals surface area contributed by atoms with Gasteiger partial charge in [-0.25, -0.2) is 4.98 Å². The molecule has 1 aromatic heterocycles. The largest absolute Gasteiger partial charge is 0.337 e. The number of hydrogen-bond acceptors (Lipinski definition) is 2. The maximum Gasteiger partial charge on any atom is 0.0945 e. The SMILES string of the molecule is Cl.Cl.Cn1cncc1C1CC1N. The van der Waals surface area contributed by atoms with E-state index in [1.165, 1.54) is 5.69 Å². The van der Waals surface area contributed by atoms with E-state index in [2.05, 4.69) is 4.98 Å². The summed E-state index contributed by atoms with van der Waals surface area (Å²) in [4.78, 5) is 4.02. The van der Waals surface area contributed by atoms with Gasteiger partial charge in [0.25, 0.3) is 0 Å². The maximum absolute atomic E-state index is 5.69. The van der Waals surface area contributed by atoms with Gasteiger partial charge in [-0.3, -0.25) is 0 Å². The summed E-state index contributed by atoms with van der Waals surface area (Å²) < 4.78 is 2.04. The van der Waals surface area contributed by atoms with Crippen molar-refractivity contribution in [3.63, 3.8) is 0 Å². The van der Waals surface area contributed by atoms with Crippen LogP contribution in [-0.2, 0) is 7.05 Å². The number of imidazole rings is 1. The lowest BCUT2D eigenvalue weighted by molar-refractivity contribution is 0.810. The minimum Gasteiger partial charge on any atom is -0.337 e. The summed E-state index contributed by atoms with van der Waals surface area (Å²) in [6.07, 6.45) is 4.84. The molecule has 1 aromatic rings. The Hall–Kier alpha value is -0.250. The fourth-order valence-electron chi connectivity index (χ4n) is 1.28. The molecule has 2 N–H and O–H groups in total. The lowest BCUT2D eigenvalue weighted by atomic mass is 10.3. The van der Waals surface area contributed by atoms with Crippen LogP contribution in [-0.4, -0.2) is 15.6 Å². The Labute approximate surface area is 84.2 Å². The average molecular weight is 210 g/mol. The van der Waals surface area contributed by atoms with Crippen molar-refractivity contribution < 1.29 is 0 Å². The van der Waals surface area contributed by atoms with E-state index in [-0.39, 0.29) is 24.8 Å².